The summed E-state index contributed by atoms with van der Waals surface area (Å²) >= 11 is 12.7. The summed E-state index contributed by atoms with van der Waals surface area (Å²) in [5, 5.41) is 3.60. The van der Waals surface area contributed by atoms with Crippen LogP contribution in [0.1, 0.15) is 30.9 Å². The Hall–Kier alpha value is -4.32. The molecule has 2 amide bonds. The Balaban J connectivity index is 1.58. The van der Waals surface area contributed by atoms with Crippen molar-refractivity contribution >= 4 is 50.7 Å². The second-order valence-electron chi connectivity index (χ2n) is 11.4. The van der Waals surface area contributed by atoms with Gasteiger partial charge in [0, 0.05) is 35.6 Å². The second-order valence-corrected chi connectivity index (χ2v) is 14.1. The number of sulfonamides is 1. The highest BCUT2D eigenvalue weighted by molar-refractivity contribution is 7.92. The van der Waals surface area contributed by atoms with Gasteiger partial charge in [-0.3, -0.25) is 13.9 Å². The van der Waals surface area contributed by atoms with Gasteiger partial charge in [-0.25, -0.2) is 12.8 Å². The molecular weight excluding hydrogens is 692 g/mol. The highest BCUT2D eigenvalue weighted by atomic mass is 35.5. The number of nitrogens with one attached hydrogen (secondary N) is 1. The number of ether oxygens (including phenoxy) is 2. The molecule has 1 unspecified atom stereocenters. The minimum absolute atomic E-state index is 0.0427. The molecule has 1 heterocycles. The molecule has 0 aromatic heterocycles. The normalized spacial score (nSPS) is 13.0. The quantitative estimate of drug-likeness (QED) is 0.146. The van der Waals surface area contributed by atoms with Gasteiger partial charge in [-0.2, -0.15) is 0 Å². The van der Waals surface area contributed by atoms with E-state index in [9.17, 15) is 22.4 Å². The van der Waals surface area contributed by atoms with E-state index in [0.29, 0.717) is 29.5 Å². The number of hydrogen-bond donors (Lipinski definition) is 1. The van der Waals surface area contributed by atoms with E-state index >= 15 is 0 Å². The number of fused-ring (bicyclic) bond motifs is 1. The molecule has 0 bridgehead atoms. The lowest BCUT2D eigenvalue weighted by Crippen LogP contribution is -2.53. The highest BCUT2D eigenvalue weighted by Crippen LogP contribution is 2.34. The highest BCUT2D eigenvalue weighted by Gasteiger charge is 2.35. The van der Waals surface area contributed by atoms with Gasteiger partial charge >= 0.3 is 0 Å². The van der Waals surface area contributed by atoms with Crippen molar-refractivity contribution < 1.29 is 31.9 Å². The molecule has 49 heavy (non-hydrogen) atoms. The zero-order chi connectivity index (χ0) is 35.0. The zero-order valence-corrected chi connectivity index (χ0v) is 29.1. The van der Waals surface area contributed by atoms with E-state index in [1.165, 1.54) is 41.3 Å². The standard InChI is InChI=1S/C36H36Cl2FN3O6S/c1-2-3-17-40-36(44)32(20-25-7-5-4-6-8-25)41(23-26-9-10-27(37)21-31(26)38)35(43)24-42(29-13-11-28(39)12-14-29)49(45,46)30-15-16-33-34(22-30)48-19-18-47-33/h4-16,21-22,32H,2-3,17-20,23-24H2,1H3,(H,40,44). The van der Waals surface area contributed by atoms with Gasteiger partial charge in [0.1, 0.15) is 31.6 Å². The average molecular weight is 729 g/mol. The molecule has 1 N–H and O–H groups in total. The summed E-state index contributed by atoms with van der Waals surface area (Å²) in [7, 11) is -4.45. The van der Waals surface area contributed by atoms with Crippen LogP contribution in [0.3, 0.4) is 0 Å². The van der Waals surface area contributed by atoms with Crippen LogP contribution in [-0.2, 0) is 32.6 Å². The van der Waals surface area contributed by atoms with Crippen LogP contribution in [0.15, 0.2) is 95.9 Å². The molecule has 4 aromatic carbocycles. The van der Waals surface area contributed by atoms with E-state index < -0.39 is 40.2 Å². The van der Waals surface area contributed by atoms with Crippen LogP contribution < -0.4 is 19.1 Å². The van der Waals surface area contributed by atoms with Crippen LogP contribution in [0.25, 0.3) is 0 Å². The van der Waals surface area contributed by atoms with E-state index in [4.69, 9.17) is 32.7 Å². The molecule has 0 radical (unpaired) electrons. The number of carbonyl (C=O) groups is 2. The molecule has 0 saturated carbocycles. The van der Waals surface area contributed by atoms with Gasteiger partial charge in [-0.1, -0.05) is 72.9 Å². The first-order chi connectivity index (χ1) is 23.6. The molecule has 1 atom stereocenters. The molecule has 0 fully saturated rings. The maximum absolute atomic E-state index is 14.6. The topological polar surface area (TPSA) is 105 Å². The maximum atomic E-state index is 14.6. The lowest BCUT2D eigenvalue weighted by atomic mass is 10.0. The first-order valence-electron chi connectivity index (χ1n) is 15.8. The summed E-state index contributed by atoms with van der Waals surface area (Å²) in [6.45, 7) is 2.10. The molecule has 5 rings (SSSR count). The van der Waals surface area contributed by atoms with Gasteiger partial charge in [0.15, 0.2) is 11.5 Å². The third-order valence-electron chi connectivity index (χ3n) is 7.95. The molecule has 258 valence electrons. The first-order valence-corrected chi connectivity index (χ1v) is 18.0. The van der Waals surface area contributed by atoms with Crippen LogP contribution in [-0.4, -0.2) is 57.5 Å². The van der Waals surface area contributed by atoms with Crippen molar-refractivity contribution in [3.8, 4) is 11.5 Å². The number of carbonyl (C=O) groups excluding carboxylic acids is 2. The molecular formula is C36H36Cl2FN3O6S. The maximum Gasteiger partial charge on any atom is 0.264 e. The predicted octanol–water partition coefficient (Wildman–Crippen LogP) is 6.66. The van der Waals surface area contributed by atoms with E-state index in [0.717, 1.165) is 34.8 Å². The fourth-order valence-corrected chi connectivity index (χ4v) is 7.24. The van der Waals surface area contributed by atoms with Crippen molar-refractivity contribution in [2.24, 2.45) is 0 Å². The van der Waals surface area contributed by atoms with Crippen molar-refractivity contribution in [2.45, 2.75) is 43.7 Å². The van der Waals surface area contributed by atoms with E-state index in [1.807, 2.05) is 37.3 Å². The Morgan fingerprint density at radius 1 is 0.918 bits per heavy atom. The number of halogens is 3. The average Bonchev–Trinajstić information content (AvgIpc) is 3.10. The van der Waals surface area contributed by atoms with Crippen LogP contribution in [0, 0.1) is 5.82 Å². The molecule has 1 aliphatic rings. The van der Waals surface area contributed by atoms with Crippen molar-refractivity contribution in [2.75, 3.05) is 30.6 Å². The number of unbranched alkanes of at least 4 members (excludes halogenated alkanes) is 1. The Labute approximate surface area is 295 Å². The number of amides is 2. The minimum atomic E-state index is -4.45. The number of rotatable bonds is 14. The second kappa shape index (κ2) is 16.4. The predicted molar refractivity (Wildman–Crippen MR) is 187 cm³/mol. The monoisotopic (exact) mass is 727 g/mol. The zero-order valence-electron chi connectivity index (χ0n) is 26.8. The Bertz CT molecular complexity index is 1880. The van der Waals surface area contributed by atoms with Gasteiger partial charge in [0.25, 0.3) is 10.0 Å². The minimum Gasteiger partial charge on any atom is -0.486 e. The molecule has 1 aliphatic heterocycles. The van der Waals surface area contributed by atoms with Crippen LogP contribution in [0.5, 0.6) is 11.5 Å². The van der Waals surface area contributed by atoms with Crippen LogP contribution in [0.2, 0.25) is 10.0 Å². The number of nitrogens with zero attached hydrogens (tertiary/aromatic N) is 2. The Morgan fingerprint density at radius 3 is 2.33 bits per heavy atom. The number of hydrogen-bond acceptors (Lipinski definition) is 6. The third kappa shape index (κ3) is 9.03. The van der Waals surface area contributed by atoms with Crippen molar-refractivity contribution in [1.82, 2.24) is 10.2 Å². The van der Waals surface area contributed by atoms with E-state index in [2.05, 4.69) is 5.32 Å². The summed E-state index contributed by atoms with van der Waals surface area (Å²) in [4.78, 5) is 29.7. The molecule has 9 nitrogen and oxygen atoms in total. The van der Waals surface area contributed by atoms with Gasteiger partial charge in [0.05, 0.1) is 10.6 Å². The van der Waals surface area contributed by atoms with E-state index in [-0.39, 0.29) is 40.9 Å². The lowest BCUT2D eigenvalue weighted by molar-refractivity contribution is -0.140. The Kier molecular flexibility index (Phi) is 12.0. The van der Waals surface area contributed by atoms with Crippen molar-refractivity contribution in [3.05, 3.63) is 118 Å². The van der Waals surface area contributed by atoms with Gasteiger partial charge in [-0.15, -0.1) is 0 Å². The van der Waals surface area contributed by atoms with Crippen molar-refractivity contribution in [3.63, 3.8) is 0 Å². The smallest absolute Gasteiger partial charge is 0.264 e. The number of anilines is 1. The molecule has 13 heteroatoms. The van der Waals surface area contributed by atoms with Crippen LogP contribution in [0.4, 0.5) is 10.1 Å². The third-order valence-corrected chi connectivity index (χ3v) is 10.3. The summed E-state index contributed by atoms with van der Waals surface area (Å²) in [6.07, 6.45) is 1.71. The fraction of sp³-hybridized carbons (Fsp3) is 0.278. The first kappa shape index (κ1) is 36.0. The van der Waals surface area contributed by atoms with Gasteiger partial charge < -0.3 is 19.7 Å². The molecule has 0 spiro atoms. The van der Waals surface area contributed by atoms with Gasteiger partial charge in [0.2, 0.25) is 11.8 Å². The Morgan fingerprint density at radius 2 is 1.63 bits per heavy atom. The molecule has 0 saturated heterocycles. The van der Waals surface area contributed by atoms with E-state index in [1.54, 1.807) is 12.1 Å². The lowest BCUT2D eigenvalue weighted by Gasteiger charge is -2.34. The number of benzene rings is 4. The summed E-state index contributed by atoms with van der Waals surface area (Å²) in [5.41, 5.74) is 1.33. The largest absolute Gasteiger partial charge is 0.486 e. The van der Waals surface area contributed by atoms with Crippen molar-refractivity contribution in [1.29, 1.82) is 0 Å². The summed E-state index contributed by atoms with van der Waals surface area (Å²) < 4.78 is 54.8. The van der Waals surface area contributed by atoms with Gasteiger partial charge in [-0.05, 0) is 66.1 Å². The SMILES string of the molecule is CCCCNC(=O)C(Cc1ccccc1)N(Cc1ccc(Cl)cc1Cl)C(=O)CN(c1ccc(F)cc1)S(=O)(=O)c1ccc2c(c1)OCCO2. The summed E-state index contributed by atoms with van der Waals surface area (Å²) in [5.74, 6) is -1.05. The summed E-state index contributed by atoms with van der Waals surface area (Å²) in [6, 6.07) is 21.9. The molecule has 0 aliphatic carbocycles. The van der Waals surface area contributed by atoms with Crippen LogP contribution >= 0.6 is 23.2 Å². The molecule has 4 aromatic rings. The fourth-order valence-electron chi connectivity index (χ4n) is 5.34.